The van der Waals surface area contributed by atoms with Crippen molar-refractivity contribution in [3.05, 3.63) is 18.1 Å². The molecule has 0 spiro atoms. The fraction of sp³-hybridized carbons (Fsp3) is 0.455. The predicted molar refractivity (Wildman–Crippen MR) is 61.7 cm³/mol. The Hall–Kier alpha value is -1.58. The largest absolute Gasteiger partial charge is 0.383 e. The van der Waals surface area contributed by atoms with Gasteiger partial charge in [-0.25, -0.2) is 9.97 Å². The van der Waals surface area contributed by atoms with Crippen molar-refractivity contribution in [2.45, 2.75) is 33.2 Å². The van der Waals surface area contributed by atoms with Crippen molar-refractivity contribution in [2.75, 3.05) is 5.73 Å². The highest BCUT2D eigenvalue weighted by molar-refractivity contribution is 5.86. The number of hydrogen-bond acceptors (Lipinski definition) is 3. The maximum atomic E-state index is 5.85. The van der Waals surface area contributed by atoms with Crippen LogP contribution in [0.5, 0.6) is 0 Å². The Kier molecular flexibility index (Phi) is 1.96. The molecule has 2 rings (SSSR count). The van der Waals surface area contributed by atoms with E-state index in [-0.39, 0.29) is 5.54 Å². The number of aromatic nitrogens is 3. The van der Waals surface area contributed by atoms with Gasteiger partial charge in [0.25, 0.3) is 0 Å². The van der Waals surface area contributed by atoms with Crippen LogP contribution < -0.4 is 5.73 Å². The number of aryl methyl sites for hydroxylation is 1. The highest BCUT2D eigenvalue weighted by atomic mass is 15.1. The second-order valence-electron chi connectivity index (χ2n) is 4.75. The summed E-state index contributed by atoms with van der Waals surface area (Å²) in [5.74, 6) is 1.27. The van der Waals surface area contributed by atoms with E-state index in [1.807, 2.05) is 19.2 Å². The molecule has 4 heteroatoms. The van der Waals surface area contributed by atoms with Crippen LogP contribution in [0.1, 0.15) is 26.6 Å². The molecule has 15 heavy (non-hydrogen) atoms. The molecule has 0 amide bonds. The lowest BCUT2D eigenvalue weighted by Crippen LogP contribution is -2.21. The first kappa shape index (κ1) is 9.96. The summed E-state index contributed by atoms with van der Waals surface area (Å²) in [6.07, 6.45) is 2.01. The molecule has 0 aliphatic heterocycles. The number of nitrogen functional groups attached to an aromatic ring is 1. The van der Waals surface area contributed by atoms with Gasteiger partial charge in [0.1, 0.15) is 17.3 Å². The van der Waals surface area contributed by atoms with Crippen molar-refractivity contribution in [1.82, 2.24) is 14.5 Å². The molecule has 4 nitrogen and oxygen atoms in total. The number of hydrogen-bond donors (Lipinski definition) is 1. The summed E-state index contributed by atoms with van der Waals surface area (Å²) in [6, 6.07) is 1.97. The van der Waals surface area contributed by atoms with Crippen molar-refractivity contribution in [2.24, 2.45) is 0 Å². The third-order valence-corrected chi connectivity index (χ3v) is 2.41. The first-order valence-corrected chi connectivity index (χ1v) is 5.01. The number of fused-ring (bicyclic) bond motifs is 1. The molecule has 2 aromatic rings. The van der Waals surface area contributed by atoms with Gasteiger partial charge in [0.05, 0.1) is 5.39 Å². The molecule has 0 aliphatic rings. The SMILES string of the molecule is Cc1nc(N)c2ccn(C(C)(C)C)c2n1. The molecule has 0 unspecified atom stereocenters. The number of rotatable bonds is 0. The summed E-state index contributed by atoms with van der Waals surface area (Å²) in [5, 5.41) is 0.926. The van der Waals surface area contributed by atoms with Gasteiger partial charge in [-0.1, -0.05) is 0 Å². The van der Waals surface area contributed by atoms with Crippen LogP contribution in [-0.4, -0.2) is 14.5 Å². The van der Waals surface area contributed by atoms with Gasteiger partial charge < -0.3 is 10.3 Å². The molecule has 0 atom stereocenters. The zero-order valence-electron chi connectivity index (χ0n) is 9.57. The Morgan fingerprint density at radius 1 is 1.27 bits per heavy atom. The normalized spacial score (nSPS) is 12.3. The zero-order chi connectivity index (χ0) is 11.2. The van der Waals surface area contributed by atoms with E-state index in [9.17, 15) is 0 Å². The monoisotopic (exact) mass is 204 g/mol. The van der Waals surface area contributed by atoms with Gasteiger partial charge in [0.15, 0.2) is 0 Å². The predicted octanol–water partition coefficient (Wildman–Crippen LogP) is 2.08. The van der Waals surface area contributed by atoms with Crippen LogP contribution in [-0.2, 0) is 5.54 Å². The van der Waals surface area contributed by atoms with Crippen molar-refractivity contribution in [1.29, 1.82) is 0 Å². The van der Waals surface area contributed by atoms with Crippen LogP contribution in [0.3, 0.4) is 0 Å². The Balaban J connectivity index is 2.80. The van der Waals surface area contributed by atoms with E-state index in [0.717, 1.165) is 11.0 Å². The van der Waals surface area contributed by atoms with E-state index in [1.54, 1.807) is 0 Å². The molecular weight excluding hydrogens is 188 g/mol. The summed E-state index contributed by atoms with van der Waals surface area (Å²) in [7, 11) is 0. The van der Waals surface area contributed by atoms with Crippen molar-refractivity contribution >= 4 is 16.9 Å². The highest BCUT2D eigenvalue weighted by Gasteiger charge is 2.17. The molecule has 2 heterocycles. The minimum absolute atomic E-state index is 0.00891. The fourth-order valence-corrected chi connectivity index (χ4v) is 1.69. The summed E-state index contributed by atoms with van der Waals surface area (Å²) < 4.78 is 2.12. The quantitative estimate of drug-likeness (QED) is 0.714. The molecule has 0 saturated carbocycles. The first-order valence-electron chi connectivity index (χ1n) is 5.01. The Bertz CT molecular complexity index is 505. The Labute approximate surface area is 89.1 Å². The third-order valence-electron chi connectivity index (χ3n) is 2.41. The summed E-state index contributed by atoms with van der Waals surface area (Å²) in [6.45, 7) is 8.27. The summed E-state index contributed by atoms with van der Waals surface area (Å²) >= 11 is 0. The minimum Gasteiger partial charge on any atom is -0.383 e. The molecule has 0 aromatic carbocycles. The molecule has 0 bridgehead atoms. The third kappa shape index (κ3) is 1.56. The minimum atomic E-state index is 0.00891. The molecule has 0 saturated heterocycles. The number of anilines is 1. The Morgan fingerprint density at radius 2 is 1.93 bits per heavy atom. The van der Waals surface area contributed by atoms with Crippen LogP contribution in [0.2, 0.25) is 0 Å². The van der Waals surface area contributed by atoms with E-state index in [4.69, 9.17) is 5.73 Å². The lowest BCUT2D eigenvalue weighted by atomic mass is 10.1. The van der Waals surface area contributed by atoms with E-state index in [2.05, 4.69) is 35.3 Å². The van der Waals surface area contributed by atoms with E-state index in [1.165, 1.54) is 0 Å². The van der Waals surface area contributed by atoms with Crippen molar-refractivity contribution in [3.63, 3.8) is 0 Å². The van der Waals surface area contributed by atoms with Gasteiger partial charge in [0.2, 0.25) is 0 Å². The maximum Gasteiger partial charge on any atom is 0.146 e. The fourth-order valence-electron chi connectivity index (χ4n) is 1.69. The van der Waals surface area contributed by atoms with Gasteiger partial charge in [-0.3, -0.25) is 0 Å². The van der Waals surface area contributed by atoms with Gasteiger partial charge in [-0.05, 0) is 33.8 Å². The standard InChI is InChI=1S/C11H16N4/c1-7-13-9(12)8-5-6-15(10(8)14-7)11(2,3)4/h5-6H,1-4H3,(H2,12,13,14). The van der Waals surface area contributed by atoms with Gasteiger partial charge in [-0.15, -0.1) is 0 Å². The Morgan fingerprint density at radius 3 is 2.53 bits per heavy atom. The molecule has 2 N–H and O–H groups in total. The van der Waals surface area contributed by atoms with Crippen molar-refractivity contribution < 1.29 is 0 Å². The molecule has 0 radical (unpaired) electrons. The maximum absolute atomic E-state index is 5.85. The second-order valence-corrected chi connectivity index (χ2v) is 4.75. The second kappa shape index (κ2) is 2.95. The molecule has 80 valence electrons. The van der Waals surface area contributed by atoms with E-state index < -0.39 is 0 Å². The van der Waals surface area contributed by atoms with Gasteiger partial charge in [-0.2, -0.15) is 0 Å². The summed E-state index contributed by atoms with van der Waals surface area (Å²) in [4.78, 5) is 8.59. The van der Waals surface area contributed by atoms with Crippen LogP contribution >= 0.6 is 0 Å². The van der Waals surface area contributed by atoms with Crippen LogP contribution in [0, 0.1) is 6.92 Å². The van der Waals surface area contributed by atoms with Gasteiger partial charge in [0, 0.05) is 11.7 Å². The van der Waals surface area contributed by atoms with Gasteiger partial charge >= 0.3 is 0 Å². The van der Waals surface area contributed by atoms with Crippen LogP contribution in [0.15, 0.2) is 12.3 Å². The number of nitrogens with zero attached hydrogens (tertiary/aromatic N) is 3. The van der Waals surface area contributed by atoms with Crippen LogP contribution in [0.4, 0.5) is 5.82 Å². The molecule has 0 fully saturated rings. The lowest BCUT2D eigenvalue weighted by molar-refractivity contribution is 0.408. The van der Waals surface area contributed by atoms with E-state index >= 15 is 0 Å². The number of nitrogens with two attached hydrogens (primary N) is 1. The highest BCUT2D eigenvalue weighted by Crippen LogP contribution is 2.24. The molecule has 0 aliphatic carbocycles. The smallest absolute Gasteiger partial charge is 0.146 e. The van der Waals surface area contributed by atoms with E-state index in [0.29, 0.717) is 11.6 Å². The molecule has 2 aromatic heterocycles. The lowest BCUT2D eigenvalue weighted by Gasteiger charge is -2.21. The average molecular weight is 204 g/mol. The van der Waals surface area contributed by atoms with Crippen LogP contribution in [0.25, 0.3) is 11.0 Å². The average Bonchev–Trinajstić information content (AvgIpc) is 2.45. The topological polar surface area (TPSA) is 56.7 Å². The first-order chi connectivity index (χ1) is 6.89. The van der Waals surface area contributed by atoms with Crippen molar-refractivity contribution in [3.8, 4) is 0 Å². The summed E-state index contributed by atoms with van der Waals surface area (Å²) in [5.41, 5.74) is 6.77. The zero-order valence-corrected chi connectivity index (χ0v) is 9.57. The molecular formula is C11H16N4.